The second-order valence-corrected chi connectivity index (χ2v) is 7.70. The zero-order valence-corrected chi connectivity index (χ0v) is 17.2. The van der Waals surface area contributed by atoms with Gasteiger partial charge in [0, 0.05) is 19.2 Å². The SMILES string of the molecule is COc1ccc(NC(=O)OCC2CCN(C(=O)OC(C)(C)C)CC2)c(OC)c1. The van der Waals surface area contributed by atoms with E-state index in [1.807, 2.05) is 20.8 Å². The van der Waals surface area contributed by atoms with Gasteiger partial charge in [0.1, 0.15) is 17.1 Å². The molecule has 0 unspecified atom stereocenters. The largest absolute Gasteiger partial charge is 0.497 e. The Hall–Kier alpha value is -2.64. The van der Waals surface area contributed by atoms with Crippen LogP contribution in [0.3, 0.4) is 0 Å². The molecule has 0 aliphatic carbocycles. The van der Waals surface area contributed by atoms with Gasteiger partial charge in [-0.25, -0.2) is 9.59 Å². The maximum absolute atomic E-state index is 12.1. The quantitative estimate of drug-likeness (QED) is 0.815. The van der Waals surface area contributed by atoms with Crippen LogP contribution in [0.15, 0.2) is 18.2 Å². The van der Waals surface area contributed by atoms with Crippen molar-refractivity contribution < 1.29 is 28.5 Å². The summed E-state index contributed by atoms with van der Waals surface area (Å²) in [5.74, 6) is 1.33. The molecule has 1 N–H and O–H groups in total. The van der Waals surface area contributed by atoms with Crippen LogP contribution < -0.4 is 14.8 Å². The first kappa shape index (κ1) is 21.7. The molecule has 28 heavy (non-hydrogen) atoms. The lowest BCUT2D eigenvalue weighted by atomic mass is 9.98. The van der Waals surface area contributed by atoms with Gasteiger partial charge in [0.15, 0.2) is 0 Å². The highest BCUT2D eigenvalue weighted by molar-refractivity contribution is 5.87. The average Bonchev–Trinajstić information content (AvgIpc) is 2.65. The van der Waals surface area contributed by atoms with Gasteiger partial charge in [-0.15, -0.1) is 0 Å². The number of hydrogen-bond acceptors (Lipinski definition) is 6. The average molecular weight is 394 g/mol. The number of ether oxygens (including phenoxy) is 4. The summed E-state index contributed by atoms with van der Waals surface area (Å²) in [6, 6.07) is 5.10. The number of piperidine rings is 1. The number of methoxy groups -OCH3 is 2. The van der Waals surface area contributed by atoms with Gasteiger partial charge in [-0.05, 0) is 51.7 Å². The lowest BCUT2D eigenvalue weighted by Gasteiger charge is -2.33. The Balaban J connectivity index is 1.76. The fraction of sp³-hybridized carbons (Fsp3) is 0.600. The van der Waals surface area contributed by atoms with Gasteiger partial charge in [-0.3, -0.25) is 5.32 Å². The maximum Gasteiger partial charge on any atom is 0.411 e. The molecule has 0 spiro atoms. The van der Waals surface area contributed by atoms with Crippen molar-refractivity contribution >= 4 is 17.9 Å². The molecule has 2 rings (SSSR count). The van der Waals surface area contributed by atoms with Crippen LogP contribution in [0.25, 0.3) is 0 Å². The second kappa shape index (κ2) is 9.52. The lowest BCUT2D eigenvalue weighted by Crippen LogP contribution is -2.42. The number of carbonyl (C=O) groups excluding carboxylic acids is 2. The van der Waals surface area contributed by atoms with Gasteiger partial charge in [-0.2, -0.15) is 0 Å². The number of likely N-dealkylation sites (tertiary alicyclic amines) is 1. The highest BCUT2D eigenvalue weighted by Gasteiger charge is 2.27. The zero-order valence-electron chi connectivity index (χ0n) is 17.2. The molecule has 0 atom stereocenters. The van der Waals surface area contributed by atoms with Gasteiger partial charge in [0.05, 0.1) is 26.5 Å². The molecule has 8 heteroatoms. The van der Waals surface area contributed by atoms with E-state index in [4.69, 9.17) is 18.9 Å². The van der Waals surface area contributed by atoms with Crippen molar-refractivity contribution in [3.8, 4) is 11.5 Å². The molecule has 0 radical (unpaired) electrons. The summed E-state index contributed by atoms with van der Waals surface area (Å²) in [7, 11) is 3.08. The Kier molecular flexibility index (Phi) is 7.37. The molecule has 2 amide bonds. The van der Waals surface area contributed by atoms with Crippen molar-refractivity contribution in [2.75, 3.05) is 39.2 Å². The third-order valence-electron chi connectivity index (χ3n) is 4.36. The fourth-order valence-electron chi connectivity index (χ4n) is 2.85. The van der Waals surface area contributed by atoms with Crippen LogP contribution in [-0.2, 0) is 9.47 Å². The number of anilines is 1. The van der Waals surface area contributed by atoms with Crippen LogP contribution in [0.2, 0.25) is 0 Å². The first-order chi connectivity index (χ1) is 13.2. The highest BCUT2D eigenvalue weighted by Crippen LogP contribution is 2.29. The highest BCUT2D eigenvalue weighted by atomic mass is 16.6. The van der Waals surface area contributed by atoms with Crippen LogP contribution in [0, 0.1) is 5.92 Å². The molecule has 0 saturated carbocycles. The molecule has 1 saturated heterocycles. The Labute approximate surface area is 166 Å². The van der Waals surface area contributed by atoms with Crippen LogP contribution >= 0.6 is 0 Å². The van der Waals surface area contributed by atoms with Crippen LogP contribution in [0.5, 0.6) is 11.5 Å². The second-order valence-electron chi connectivity index (χ2n) is 7.70. The Morgan fingerprint density at radius 3 is 2.39 bits per heavy atom. The van der Waals surface area contributed by atoms with E-state index in [1.165, 1.54) is 7.11 Å². The fourth-order valence-corrected chi connectivity index (χ4v) is 2.85. The lowest BCUT2D eigenvalue weighted by molar-refractivity contribution is 0.0153. The summed E-state index contributed by atoms with van der Waals surface area (Å²) in [4.78, 5) is 25.9. The molecule has 1 fully saturated rings. The smallest absolute Gasteiger partial charge is 0.411 e. The molecule has 156 valence electrons. The van der Waals surface area contributed by atoms with E-state index in [-0.39, 0.29) is 12.0 Å². The summed E-state index contributed by atoms with van der Waals surface area (Å²) in [6.45, 7) is 7.03. The van der Waals surface area contributed by atoms with Crippen molar-refractivity contribution in [1.82, 2.24) is 4.90 Å². The topological polar surface area (TPSA) is 86.3 Å². The number of benzene rings is 1. The van der Waals surface area contributed by atoms with Gasteiger partial charge in [0.25, 0.3) is 0 Å². The summed E-state index contributed by atoms with van der Waals surface area (Å²) in [6.07, 6.45) is 0.686. The minimum absolute atomic E-state index is 0.210. The van der Waals surface area contributed by atoms with E-state index in [2.05, 4.69) is 5.32 Å². The molecule has 1 aliphatic rings. The third-order valence-corrected chi connectivity index (χ3v) is 4.36. The summed E-state index contributed by atoms with van der Waals surface area (Å²) in [5.41, 5.74) is 0.00511. The number of nitrogens with one attached hydrogen (secondary N) is 1. The standard InChI is InChI=1S/C20H30N2O6/c1-20(2,3)28-19(24)22-10-8-14(9-11-22)13-27-18(23)21-16-7-6-15(25-4)12-17(16)26-5/h6-7,12,14H,8-11,13H2,1-5H3,(H,21,23). The van der Waals surface area contributed by atoms with Crippen molar-refractivity contribution in [3.63, 3.8) is 0 Å². The van der Waals surface area contributed by atoms with E-state index in [1.54, 1.807) is 30.2 Å². The predicted molar refractivity (Wildman–Crippen MR) is 105 cm³/mol. The van der Waals surface area contributed by atoms with Gasteiger partial charge >= 0.3 is 12.2 Å². The minimum atomic E-state index is -0.543. The van der Waals surface area contributed by atoms with Gasteiger partial charge in [-0.1, -0.05) is 0 Å². The normalized spacial score (nSPS) is 15.0. The monoisotopic (exact) mass is 394 g/mol. The molecular weight excluding hydrogens is 364 g/mol. The van der Waals surface area contributed by atoms with Crippen molar-refractivity contribution in [1.29, 1.82) is 0 Å². The zero-order chi connectivity index (χ0) is 20.7. The summed E-state index contributed by atoms with van der Waals surface area (Å²) >= 11 is 0. The van der Waals surface area contributed by atoms with E-state index in [0.717, 1.165) is 12.8 Å². The van der Waals surface area contributed by atoms with E-state index in [9.17, 15) is 9.59 Å². The number of hydrogen-bond donors (Lipinski definition) is 1. The summed E-state index contributed by atoms with van der Waals surface area (Å²) in [5, 5.41) is 2.68. The Bertz CT molecular complexity index is 678. The van der Waals surface area contributed by atoms with E-state index >= 15 is 0 Å². The van der Waals surface area contributed by atoms with E-state index in [0.29, 0.717) is 36.9 Å². The first-order valence-electron chi connectivity index (χ1n) is 9.35. The van der Waals surface area contributed by atoms with Crippen molar-refractivity contribution in [2.45, 2.75) is 39.2 Å². The summed E-state index contributed by atoms with van der Waals surface area (Å²) < 4.78 is 21.1. The van der Waals surface area contributed by atoms with Crippen molar-refractivity contribution in [2.24, 2.45) is 5.92 Å². The van der Waals surface area contributed by atoms with E-state index < -0.39 is 11.7 Å². The molecule has 1 heterocycles. The molecule has 0 bridgehead atoms. The van der Waals surface area contributed by atoms with Gasteiger partial charge in [0.2, 0.25) is 0 Å². The molecule has 1 aliphatic heterocycles. The molecule has 1 aromatic rings. The third kappa shape index (κ3) is 6.51. The number of nitrogens with zero attached hydrogens (tertiary/aromatic N) is 1. The molecule has 0 aromatic heterocycles. The predicted octanol–water partition coefficient (Wildman–Crippen LogP) is 3.90. The number of carbonyl (C=O) groups is 2. The molecule has 8 nitrogen and oxygen atoms in total. The Morgan fingerprint density at radius 2 is 1.82 bits per heavy atom. The van der Waals surface area contributed by atoms with Crippen LogP contribution in [-0.4, -0.2) is 56.6 Å². The number of amides is 2. The van der Waals surface area contributed by atoms with Crippen molar-refractivity contribution in [3.05, 3.63) is 18.2 Å². The maximum atomic E-state index is 12.1. The van der Waals surface area contributed by atoms with Gasteiger partial charge < -0.3 is 23.8 Å². The minimum Gasteiger partial charge on any atom is -0.497 e. The first-order valence-corrected chi connectivity index (χ1v) is 9.35. The van der Waals surface area contributed by atoms with Crippen LogP contribution in [0.4, 0.5) is 15.3 Å². The number of rotatable bonds is 5. The molecular formula is C20H30N2O6. The Morgan fingerprint density at radius 1 is 1.14 bits per heavy atom. The van der Waals surface area contributed by atoms with Crippen LogP contribution in [0.1, 0.15) is 33.6 Å². The molecule has 1 aromatic carbocycles.